The third-order valence-electron chi connectivity index (χ3n) is 2.84. The first kappa shape index (κ1) is 11.1. The molecule has 14 heavy (non-hydrogen) atoms. The Kier molecular flexibility index (Phi) is 2.86. The van der Waals surface area contributed by atoms with Crippen LogP contribution in [0, 0.1) is 13.8 Å². The van der Waals surface area contributed by atoms with E-state index in [0.29, 0.717) is 5.75 Å². The largest absolute Gasteiger partial charge is 0.507 e. The molecule has 0 aliphatic heterocycles. The number of nitrogens with one attached hydrogen (secondary N) is 1. The van der Waals surface area contributed by atoms with Crippen molar-refractivity contribution < 1.29 is 5.11 Å². The number of phenols is 1. The molecule has 0 aliphatic rings. The molecule has 2 nitrogen and oxygen atoms in total. The quantitative estimate of drug-likeness (QED) is 0.756. The van der Waals surface area contributed by atoms with Crippen LogP contribution in [0.5, 0.6) is 5.75 Å². The molecular formula is C12H19NO. The van der Waals surface area contributed by atoms with Gasteiger partial charge < -0.3 is 10.4 Å². The molecule has 0 fully saturated rings. The Morgan fingerprint density at radius 2 is 1.57 bits per heavy atom. The van der Waals surface area contributed by atoms with Crippen LogP contribution in [0.15, 0.2) is 12.1 Å². The lowest BCUT2D eigenvalue weighted by Gasteiger charge is -2.25. The summed E-state index contributed by atoms with van der Waals surface area (Å²) in [4.78, 5) is 0. The molecule has 0 aliphatic carbocycles. The lowest BCUT2D eigenvalue weighted by atomic mass is 9.91. The Bertz CT molecular complexity index is 319. The fourth-order valence-electron chi connectivity index (χ4n) is 1.46. The molecule has 0 saturated carbocycles. The maximum absolute atomic E-state index is 9.65. The second-order valence-corrected chi connectivity index (χ2v) is 4.33. The highest BCUT2D eigenvalue weighted by Gasteiger charge is 2.19. The first-order valence-electron chi connectivity index (χ1n) is 4.88. The number of hydrogen-bond donors (Lipinski definition) is 2. The van der Waals surface area contributed by atoms with E-state index < -0.39 is 0 Å². The van der Waals surface area contributed by atoms with Crippen LogP contribution in [0.4, 0.5) is 0 Å². The lowest BCUT2D eigenvalue weighted by molar-refractivity contribution is 0.438. The zero-order valence-corrected chi connectivity index (χ0v) is 9.60. The lowest BCUT2D eigenvalue weighted by Crippen LogP contribution is -2.33. The summed E-state index contributed by atoms with van der Waals surface area (Å²) in [5.74, 6) is 0.403. The first-order valence-corrected chi connectivity index (χ1v) is 4.88. The van der Waals surface area contributed by atoms with Gasteiger partial charge >= 0.3 is 0 Å². The van der Waals surface area contributed by atoms with E-state index in [1.54, 1.807) is 0 Å². The molecule has 0 radical (unpaired) electrons. The number of hydrogen-bond acceptors (Lipinski definition) is 2. The van der Waals surface area contributed by atoms with Gasteiger partial charge in [-0.05, 0) is 51.4 Å². The molecule has 2 heteroatoms. The summed E-state index contributed by atoms with van der Waals surface area (Å²) in [5, 5.41) is 12.9. The molecule has 1 aromatic carbocycles. The van der Waals surface area contributed by atoms with Gasteiger partial charge in [-0.25, -0.2) is 0 Å². The second kappa shape index (κ2) is 3.62. The Hall–Kier alpha value is -1.02. The van der Waals surface area contributed by atoms with Crippen molar-refractivity contribution >= 4 is 0 Å². The standard InChI is InChI=1S/C12H19NO/c1-8-6-10(12(3,4)13-5)7-9(2)11(8)14/h6-7,13-14H,1-5H3. The van der Waals surface area contributed by atoms with Crippen molar-refractivity contribution in [2.24, 2.45) is 0 Å². The fraction of sp³-hybridized carbons (Fsp3) is 0.500. The van der Waals surface area contributed by atoms with E-state index >= 15 is 0 Å². The van der Waals surface area contributed by atoms with Crippen molar-refractivity contribution in [2.75, 3.05) is 7.05 Å². The number of aryl methyl sites for hydroxylation is 2. The van der Waals surface area contributed by atoms with Gasteiger partial charge in [0.05, 0.1) is 0 Å². The molecule has 0 amide bonds. The van der Waals surface area contributed by atoms with Crippen LogP contribution < -0.4 is 5.32 Å². The van der Waals surface area contributed by atoms with Gasteiger partial charge in [0.2, 0.25) is 0 Å². The summed E-state index contributed by atoms with van der Waals surface area (Å²) in [6, 6.07) is 4.05. The second-order valence-electron chi connectivity index (χ2n) is 4.33. The molecule has 78 valence electrons. The van der Waals surface area contributed by atoms with Crippen LogP contribution in [0.2, 0.25) is 0 Å². The van der Waals surface area contributed by atoms with E-state index in [1.807, 2.05) is 33.0 Å². The highest BCUT2D eigenvalue weighted by molar-refractivity contribution is 5.44. The summed E-state index contributed by atoms with van der Waals surface area (Å²) < 4.78 is 0. The van der Waals surface area contributed by atoms with E-state index in [-0.39, 0.29) is 5.54 Å². The number of rotatable bonds is 2. The maximum Gasteiger partial charge on any atom is 0.121 e. The predicted molar refractivity (Wildman–Crippen MR) is 59.7 cm³/mol. The van der Waals surface area contributed by atoms with E-state index in [1.165, 1.54) is 5.56 Å². The average molecular weight is 193 g/mol. The molecule has 2 N–H and O–H groups in total. The molecule has 1 rings (SSSR count). The van der Waals surface area contributed by atoms with Gasteiger partial charge in [0.1, 0.15) is 5.75 Å². The van der Waals surface area contributed by atoms with Crippen molar-refractivity contribution in [1.29, 1.82) is 0 Å². The number of phenolic OH excluding ortho intramolecular Hbond substituents is 1. The molecule has 0 spiro atoms. The van der Waals surface area contributed by atoms with Crippen LogP contribution in [-0.2, 0) is 5.54 Å². The van der Waals surface area contributed by atoms with Gasteiger partial charge in [0.15, 0.2) is 0 Å². The van der Waals surface area contributed by atoms with Crippen molar-refractivity contribution in [3.63, 3.8) is 0 Å². The molecule has 0 saturated heterocycles. The van der Waals surface area contributed by atoms with Crippen LogP contribution >= 0.6 is 0 Å². The fourth-order valence-corrected chi connectivity index (χ4v) is 1.46. The summed E-state index contributed by atoms with van der Waals surface area (Å²) in [6.07, 6.45) is 0. The molecule has 0 atom stereocenters. The smallest absolute Gasteiger partial charge is 0.121 e. The molecule has 1 aromatic rings. The van der Waals surface area contributed by atoms with Gasteiger partial charge in [-0.15, -0.1) is 0 Å². The molecule has 0 aromatic heterocycles. The van der Waals surface area contributed by atoms with E-state index in [4.69, 9.17) is 0 Å². The predicted octanol–water partition coefficient (Wildman–Crippen LogP) is 2.46. The summed E-state index contributed by atoms with van der Waals surface area (Å²) in [6.45, 7) is 8.10. The summed E-state index contributed by atoms with van der Waals surface area (Å²) >= 11 is 0. The highest BCUT2D eigenvalue weighted by Crippen LogP contribution is 2.28. The maximum atomic E-state index is 9.65. The van der Waals surface area contributed by atoms with Crippen molar-refractivity contribution in [3.8, 4) is 5.75 Å². The van der Waals surface area contributed by atoms with Gasteiger partial charge in [-0.1, -0.05) is 12.1 Å². The van der Waals surface area contributed by atoms with E-state index in [2.05, 4.69) is 19.2 Å². The van der Waals surface area contributed by atoms with E-state index in [9.17, 15) is 5.11 Å². The number of benzene rings is 1. The molecular weight excluding hydrogens is 174 g/mol. The first-order chi connectivity index (χ1) is 6.38. The van der Waals surface area contributed by atoms with Gasteiger partial charge in [0, 0.05) is 5.54 Å². The van der Waals surface area contributed by atoms with Crippen LogP contribution in [0.1, 0.15) is 30.5 Å². The van der Waals surface area contributed by atoms with E-state index in [0.717, 1.165) is 11.1 Å². The van der Waals surface area contributed by atoms with Gasteiger partial charge in [-0.2, -0.15) is 0 Å². The zero-order valence-electron chi connectivity index (χ0n) is 9.60. The van der Waals surface area contributed by atoms with Gasteiger partial charge in [-0.3, -0.25) is 0 Å². The van der Waals surface area contributed by atoms with Crippen LogP contribution in [-0.4, -0.2) is 12.2 Å². The SMILES string of the molecule is CNC(C)(C)c1cc(C)c(O)c(C)c1. The zero-order chi connectivity index (χ0) is 10.9. The third kappa shape index (κ3) is 1.90. The van der Waals surface area contributed by atoms with Gasteiger partial charge in [0.25, 0.3) is 0 Å². The summed E-state index contributed by atoms with van der Waals surface area (Å²) in [7, 11) is 1.94. The normalized spacial score (nSPS) is 11.8. The average Bonchev–Trinajstić information content (AvgIpc) is 2.13. The van der Waals surface area contributed by atoms with Crippen molar-refractivity contribution in [2.45, 2.75) is 33.2 Å². The molecule has 0 heterocycles. The minimum atomic E-state index is -0.0524. The Balaban J connectivity index is 3.26. The molecule has 0 bridgehead atoms. The minimum Gasteiger partial charge on any atom is -0.507 e. The Labute approximate surface area is 86.0 Å². The van der Waals surface area contributed by atoms with Crippen LogP contribution in [0.25, 0.3) is 0 Å². The highest BCUT2D eigenvalue weighted by atomic mass is 16.3. The number of aromatic hydroxyl groups is 1. The Morgan fingerprint density at radius 1 is 1.14 bits per heavy atom. The van der Waals surface area contributed by atoms with Crippen molar-refractivity contribution in [1.82, 2.24) is 5.32 Å². The Morgan fingerprint density at radius 3 is 1.93 bits per heavy atom. The molecule has 0 unspecified atom stereocenters. The topological polar surface area (TPSA) is 32.3 Å². The third-order valence-corrected chi connectivity index (χ3v) is 2.84. The van der Waals surface area contributed by atoms with Crippen LogP contribution in [0.3, 0.4) is 0 Å². The minimum absolute atomic E-state index is 0.0524. The van der Waals surface area contributed by atoms with Crippen molar-refractivity contribution in [3.05, 3.63) is 28.8 Å². The summed E-state index contributed by atoms with van der Waals surface area (Å²) in [5.41, 5.74) is 3.02. The monoisotopic (exact) mass is 193 g/mol.